The van der Waals surface area contributed by atoms with Gasteiger partial charge >= 0.3 is 0 Å². The lowest BCUT2D eigenvalue weighted by Gasteiger charge is -2.10. The molecule has 0 unspecified atom stereocenters. The molecule has 0 saturated carbocycles. The summed E-state index contributed by atoms with van der Waals surface area (Å²) in [7, 11) is -3.68. The highest BCUT2D eigenvalue weighted by Crippen LogP contribution is 2.08. The summed E-state index contributed by atoms with van der Waals surface area (Å²) in [6.45, 7) is 2.13. The lowest BCUT2D eigenvalue weighted by atomic mass is 10.2. The van der Waals surface area contributed by atoms with E-state index in [0.29, 0.717) is 13.0 Å². The Kier molecular flexibility index (Phi) is 4.83. The van der Waals surface area contributed by atoms with E-state index >= 15 is 0 Å². The zero-order chi connectivity index (χ0) is 13.8. The average Bonchev–Trinajstić information content (AvgIpc) is 2.34. The van der Waals surface area contributed by atoms with Gasteiger partial charge in [0.15, 0.2) is 0 Å². The Hall–Kier alpha value is -1.44. The second kappa shape index (κ2) is 5.94. The molecule has 7 heteroatoms. The van der Waals surface area contributed by atoms with Gasteiger partial charge in [0.2, 0.25) is 15.9 Å². The van der Waals surface area contributed by atoms with Gasteiger partial charge in [0.05, 0.1) is 10.9 Å². The van der Waals surface area contributed by atoms with E-state index in [1.807, 2.05) is 6.92 Å². The predicted octanol–water partition coefficient (Wildman–Crippen LogP) is -0.312. The summed E-state index contributed by atoms with van der Waals surface area (Å²) in [5, 5.41) is 7.64. The van der Waals surface area contributed by atoms with Crippen molar-refractivity contribution in [3.63, 3.8) is 0 Å². The maximum absolute atomic E-state index is 11.4. The van der Waals surface area contributed by atoms with Crippen LogP contribution in [0.15, 0.2) is 29.2 Å². The number of nitrogens with two attached hydrogens (primary N) is 2. The van der Waals surface area contributed by atoms with Gasteiger partial charge in [-0.2, -0.15) is 0 Å². The number of hydrogen-bond donors (Lipinski definition) is 3. The van der Waals surface area contributed by atoms with Crippen LogP contribution in [0.1, 0.15) is 18.9 Å². The standard InChI is InChI=1S/C11H17N3O3S/c1-2-10(12)11(15)14-7-8-3-5-9(6-4-8)18(13,16)17/h3-6,10H,2,7,12H2,1H3,(H,14,15)(H2,13,16,17)/t10-/m0/s1. The highest BCUT2D eigenvalue weighted by atomic mass is 32.2. The molecular weight excluding hydrogens is 254 g/mol. The van der Waals surface area contributed by atoms with E-state index in [1.165, 1.54) is 12.1 Å². The fourth-order valence-corrected chi connectivity index (χ4v) is 1.82. The van der Waals surface area contributed by atoms with Gasteiger partial charge < -0.3 is 11.1 Å². The van der Waals surface area contributed by atoms with Crippen molar-refractivity contribution in [2.75, 3.05) is 0 Å². The number of benzene rings is 1. The molecule has 1 aromatic rings. The number of nitrogens with one attached hydrogen (secondary N) is 1. The molecule has 0 aliphatic rings. The number of rotatable bonds is 5. The first-order valence-corrected chi connectivity index (χ1v) is 7.04. The van der Waals surface area contributed by atoms with Crippen LogP contribution < -0.4 is 16.2 Å². The molecule has 0 radical (unpaired) electrons. The molecule has 0 spiro atoms. The van der Waals surface area contributed by atoms with Gasteiger partial charge in [0.1, 0.15) is 0 Å². The van der Waals surface area contributed by atoms with Gasteiger partial charge in [0.25, 0.3) is 0 Å². The Balaban J connectivity index is 2.63. The first kappa shape index (κ1) is 14.6. The van der Waals surface area contributed by atoms with Crippen molar-refractivity contribution < 1.29 is 13.2 Å². The summed E-state index contributed by atoms with van der Waals surface area (Å²) in [6, 6.07) is 5.47. The summed E-state index contributed by atoms with van der Waals surface area (Å²) in [6.07, 6.45) is 0.566. The normalized spacial score (nSPS) is 13.1. The van der Waals surface area contributed by atoms with Crippen molar-refractivity contribution in [2.24, 2.45) is 10.9 Å². The lowest BCUT2D eigenvalue weighted by molar-refractivity contribution is -0.122. The molecule has 1 aromatic carbocycles. The maximum Gasteiger partial charge on any atom is 0.238 e. The minimum absolute atomic E-state index is 0.0443. The number of sulfonamides is 1. The molecule has 0 aliphatic heterocycles. The van der Waals surface area contributed by atoms with Gasteiger partial charge in [-0.3, -0.25) is 4.79 Å². The van der Waals surface area contributed by atoms with Crippen molar-refractivity contribution in [1.82, 2.24) is 5.32 Å². The first-order chi connectivity index (χ1) is 8.34. The van der Waals surface area contributed by atoms with Crippen molar-refractivity contribution in [3.05, 3.63) is 29.8 Å². The van der Waals surface area contributed by atoms with E-state index in [2.05, 4.69) is 5.32 Å². The molecule has 1 amide bonds. The number of amides is 1. The molecule has 0 bridgehead atoms. The molecule has 6 nitrogen and oxygen atoms in total. The van der Waals surface area contributed by atoms with Crippen LogP contribution in [0.25, 0.3) is 0 Å². The highest BCUT2D eigenvalue weighted by Gasteiger charge is 2.10. The van der Waals surface area contributed by atoms with Gasteiger partial charge in [-0.05, 0) is 24.1 Å². The summed E-state index contributed by atoms with van der Waals surface area (Å²) >= 11 is 0. The number of carbonyl (C=O) groups is 1. The van der Waals surface area contributed by atoms with Crippen LogP contribution in [-0.2, 0) is 21.4 Å². The van der Waals surface area contributed by atoms with Gasteiger partial charge in [0, 0.05) is 6.54 Å². The Morgan fingerprint density at radius 2 is 1.89 bits per heavy atom. The van der Waals surface area contributed by atoms with E-state index in [1.54, 1.807) is 12.1 Å². The Labute approximate surface area is 106 Å². The van der Waals surface area contributed by atoms with Crippen LogP contribution >= 0.6 is 0 Å². The summed E-state index contributed by atoms with van der Waals surface area (Å²) in [5.74, 6) is -0.229. The van der Waals surface area contributed by atoms with Crippen LogP contribution in [0.4, 0.5) is 0 Å². The summed E-state index contributed by atoms with van der Waals surface area (Å²) in [4.78, 5) is 11.5. The fraction of sp³-hybridized carbons (Fsp3) is 0.364. The SMILES string of the molecule is CC[C@H](N)C(=O)NCc1ccc(S(N)(=O)=O)cc1. The molecule has 0 saturated heterocycles. The lowest BCUT2D eigenvalue weighted by Crippen LogP contribution is -2.39. The van der Waals surface area contributed by atoms with Crippen molar-refractivity contribution in [2.45, 2.75) is 30.8 Å². The van der Waals surface area contributed by atoms with Gasteiger partial charge in [-0.15, -0.1) is 0 Å². The average molecular weight is 271 g/mol. The molecule has 18 heavy (non-hydrogen) atoms. The number of primary sulfonamides is 1. The quantitative estimate of drug-likeness (QED) is 0.681. The minimum Gasteiger partial charge on any atom is -0.351 e. The molecule has 0 fully saturated rings. The maximum atomic E-state index is 11.4. The molecule has 0 heterocycles. The van der Waals surface area contributed by atoms with E-state index in [0.717, 1.165) is 5.56 Å². The number of hydrogen-bond acceptors (Lipinski definition) is 4. The first-order valence-electron chi connectivity index (χ1n) is 5.49. The van der Waals surface area contributed by atoms with E-state index in [4.69, 9.17) is 10.9 Å². The smallest absolute Gasteiger partial charge is 0.238 e. The molecule has 0 aliphatic carbocycles. The fourth-order valence-electron chi connectivity index (χ4n) is 1.30. The monoisotopic (exact) mass is 271 g/mol. The van der Waals surface area contributed by atoms with E-state index < -0.39 is 16.1 Å². The summed E-state index contributed by atoms with van der Waals surface area (Å²) in [5.41, 5.74) is 6.33. The van der Waals surface area contributed by atoms with Crippen LogP contribution in [0.5, 0.6) is 0 Å². The molecule has 100 valence electrons. The third-order valence-corrected chi connectivity index (χ3v) is 3.42. The van der Waals surface area contributed by atoms with Crippen molar-refractivity contribution >= 4 is 15.9 Å². The Morgan fingerprint density at radius 1 is 1.33 bits per heavy atom. The van der Waals surface area contributed by atoms with Crippen LogP contribution in [0.2, 0.25) is 0 Å². The van der Waals surface area contributed by atoms with E-state index in [9.17, 15) is 13.2 Å². The van der Waals surface area contributed by atoms with Gasteiger partial charge in [-0.1, -0.05) is 19.1 Å². The zero-order valence-electron chi connectivity index (χ0n) is 10.1. The molecule has 5 N–H and O–H groups in total. The third kappa shape index (κ3) is 4.10. The third-order valence-electron chi connectivity index (χ3n) is 2.50. The van der Waals surface area contributed by atoms with Crippen LogP contribution in [0, 0.1) is 0 Å². The largest absolute Gasteiger partial charge is 0.351 e. The van der Waals surface area contributed by atoms with Crippen LogP contribution in [-0.4, -0.2) is 20.4 Å². The topological polar surface area (TPSA) is 115 Å². The molecule has 0 aromatic heterocycles. The van der Waals surface area contributed by atoms with Gasteiger partial charge in [-0.25, -0.2) is 13.6 Å². The highest BCUT2D eigenvalue weighted by molar-refractivity contribution is 7.89. The van der Waals surface area contributed by atoms with Crippen LogP contribution in [0.3, 0.4) is 0 Å². The van der Waals surface area contributed by atoms with E-state index in [-0.39, 0.29) is 10.8 Å². The molecule has 1 rings (SSSR count). The van der Waals surface area contributed by atoms with Crippen molar-refractivity contribution in [1.29, 1.82) is 0 Å². The molecule has 1 atom stereocenters. The predicted molar refractivity (Wildman–Crippen MR) is 67.9 cm³/mol. The summed E-state index contributed by atoms with van der Waals surface area (Å²) < 4.78 is 22.1. The number of carbonyl (C=O) groups excluding carboxylic acids is 1. The zero-order valence-corrected chi connectivity index (χ0v) is 10.9. The van der Waals surface area contributed by atoms with Crippen molar-refractivity contribution in [3.8, 4) is 0 Å². The second-order valence-corrected chi connectivity index (χ2v) is 5.48. The minimum atomic E-state index is -3.68. The second-order valence-electron chi connectivity index (χ2n) is 3.92. The Morgan fingerprint density at radius 3 is 2.33 bits per heavy atom. The Bertz CT molecular complexity index is 511. The molecular formula is C11H17N3O3S.